The molecular weight excluding hydrogens is 370 g/mol. The van der Waals surface area contributed by atoms with E-state index in [-0.39, 0.29) is 18.5 Å². The highest BCUT2D eigenvalue weighted by Crippen LogP contribution is 2.34. The van der Waals surface area contributed by atoms with Crippen LogP contribution in [0.1, 0.15) is 25.3 Å². The van der Waals surface area contributed by atoms with Crippen molar-refractivity contribution in [3.05, 3.63) is 47.8 Å². The SMILES string of the molecule is CC1=CN2C(=NC3C2C(=O)N(CCCc2ccccc2)C(=O)N3C)N1CCCO. The molecule has 154 valence electrons. The van der Waals surface area contributed by atoms with Gasteiger partial charge in [-0.3, -0.25) is 9.69 Å². The van der Waals surface area contributed by atoms with E-state index in [9.17, 15) is 9.59 Å². The van der Waals surface area contributed by atoms with Crippen LogP contribution in [-0.4, -0.2) is 81.6 Å². The molecule has 1 aromatic rings. The number of aryl methyl sites for hydroxylation is 1. The van der Waals surface area contributed by atoms with Crippen molar-refractivity contribution in [2.45, 2.75) is 38.4 Å². The number of carbonyl (C=O) groups is 2. The van der Waals surface area contributed by atoms with Gasteiger partial charge in [-0.2, -0.15) is 0 Å². The van der Waals surface area contributed by atoms with Crippen molar-refractivity contribution in [1.29, 1.82) is 0 Å². The first-order valence-electron chi connectivity index (χ1n) is 10.1. The van der Waals surface area contributed by atoms with Crippen LogP contribution < -0.4 is 0 Å². The Labute approximate surface area is 170 Å². The van der Waals surface area contributed by atoms with Crippen LogP contribution in [0.4, 0.5) is 4.79 Å². The number of likely N-dealkylation sites (N-methyl/N-ethyl adjacent to an activating group) is 1. The average Bonchev–Trinajstić information content (AvgIpc) is 3.23. The number of imide groups is 1. The van der Waals surface area contributed by atoms with Crippen molar-refractivity contribution in [3.63, 3.8) is 0 Å². The van der Waals surface area contributed by atoms with Crippen molar-refractivity contribution in [3.8, 4) is 0 Å². The number of aliphatic imine (C=N–C) groups is 1. The number of hydrogen-bond donors (Lipinski definition) is 1. The van der Waals surface area contributed by atoms with Gasteiger partial charge in [0.15, 0.2) is 12.2 Å². The van der Waals surface area contributed by atoms with Crippen LogP contribution in [0.3, 0.4) is 0 Å². The van der Waals surface area contributed by atoms with E-state index in [0.29, 0.717) is 25.5 Å². The number of urea groups is 1. The fourth-order valence-electron chi connectivity index (χ4n) is 4.20. The van der Waals surface area contributed by atoms with Crippen LogP contribution in [0.5, 0.6) is 0 Å². The summed E-state index contributed by atoms with van der Waals surface area (Å²) < 4.78 is 0. The van der Waals surface area contributed by atoms with Gasteiger partial charge in [0, 0.05) is 38.6 Å². The molecule has 0 aromatic heterocycles. The molecule has 1 N–H and O–H groups in total. The lowest BCUT2D eigenvalue weighted by Crippen LogP contribution is -2.64. The van der Waals surface area contributed by atoms with Gasteiger partial charge < -0.3 is 19.8 Å². The third-order valence-electron chi connectivity index (χ3n) is 5.73. The van der Waals surface area contributed by atoms with Gasteiger partial charge in [-0.25, -0.2) is 9.79 Å². The average molecular weight is 397 g/mol. The number of rotatable bonds is 7. The lowest BCUT2D eigenvalue weighted by Gasteiger charge is -2.40. The third-order valence-corrected chi connectivity index (χ3v) is 5.73. The van der Waals surface area contributed by atoms with Crippen LogP contribution in [0.15, 0.2) is 47.2 Å². The summed E-state index contributed by atoms with van der Waals surface area (Å²) in [6, 6.07) is 9.25. The standard InChI is InChI=1S/C21H27N5O3/c1-15-14-26-17-18(22-20(26)24(15)12-7-13-27)23(2)21(29)25(19(17)28)11-6-10-16-8-4-3-5-9-16/h3-5,8-9,14,17-18,27H,6-7,10-13H2,1-2H3. The zero-order chi connectivity index (χ0) is 20.5. The Morgan fingerprint density at radius 1 is 1.07 bits per heavy atom. The Morgan fingerprint density at radius 2 is 1.79 bits per heavy atom. The van der Waals surface area contributed by atoms with E-state index in [2.05, 4.69) is 12.1 Å². The second-order valence-corrected chi connectivity index (χ2v) is 7.67. The topological polar surface area (TPSA) is 79.7 Å². The molecule has 3 aliphatic rings. The summed E-state index contributed by atoms with van der Waals surface area (Å²) in [6.07, 6.45) is 3.55. The fraction of sp³-hybridized carbons (Fsp3) is 0.476. The molecule has 1 fully saturated rings. The first-order valence-corrected chi connectivity index (χ1v) is 10.1. The van der Waals surface area contributed by atoms with Gasteiger partial charge in [-0.15, -0.1) is 0 Å². The van der Waals surface area contributed by atoms with Gasteiger partial charge in [0.2, 0.25) is 5.96 Å². The highest BCUT2D eigenvalue weighted by atomic mass is 16.3. The maximum absolute atomic E-state index is 13.3. The summed E-state index contributed by atoms with van der Waals surface area (Å²) in [5.74, 6) is 0.489. The molecule has 0 radical (unpaired) electrons. The van der Waals surface area contributed by atoms with Crippen molar-refractivity contribution in [2.24, 2.45) is 4.99 Å². The minimum absolute atomic E-state index is 0.0937. The lowest BCUT2D eigenvalue weighted by atomic mass is 10.1. The smallest absolute Gasteiger partial charge is 0.328 e. The molecule has 1 aromatic carbocycles. The molecule has 0 saturated carbocycles. The number of hydrogen-bond acceptors (Lipinski definition) is 6. The highest BCUT2D eigenvalue weighted by Gasteiger charge is 2.53. The van der Waals surface area contributed by atoms with Crippen LogP contribution >= 0.6 is 0 Å². The van der Waals surface area contributed by atoms with Crippen molar-refractivity contribution in [1.82, 2.24) is 19.6 Å². The van der Waals surface area contributed by atoms with E-state index in [0.717, 1.165) is 18.5 Å². The summed E-state index contributed by atoms with van der Waals surface area (Å²) >= 11 is 0. The number of amides is 3. The van der Waals surface area contributed by atoms with Gasteiger partial charge in [0.25, 0.3) is 5.91 Å². The van der Waals surface area contributed by atoms with Crippen molar-refractivity contribution >= 4 is 17.9 Å². The molecule has 0 spiro atoms. The molecule has 1 saturated heterocycles. The predicted molar refractivity (Wildman–Crippen MR) is 109 cm³/mol. The van der Waals surface area contributed by atoms with E-state index >= 15 is 0 Å². The van der Waals surface area contributed by atoms with Crippen LogP contribution in [0.25, 0.3) is 0 Å². The fourth-order valence-corrected chi connectivity index (χ4v) is 4.20. The summed E-state index contributed by atoms with van der Waals surface area (Å²) in [6.45, 7) is 3.07. The normalized spacial score (nSPS) is 23.4. The number of aliphatic hydroxyl groups excluding tert-OH is 1. The summed E-state index contributed by atoms with van der Waals surface area (Å²) in [7, 11) is 1.71. The highest BCUT2D eigenvalue weighted by molar-refractivity contribution is 6.04. The molecular formula is C21H27N5O3. The Kier molecular flexibility index (Phi) is 5.27. The van der Waals surface area contributed by atoms with Gasteiger partial charge in [-0.05, 0) is 31.7 Å². The number of allylic oxidation sites excluding steroid dienone is 1. The monoisotopic (exact) mass is 397 g/mol. The molecule has 3 aliphatic heterocycles. The number of benzene rings is 1. The Bertz CT molecular complexity index is 853. The maximum atomic E-state index is 13.3. The van der Waals surface area contributed by atoms with Gasteiger partial charge in [0.05, 0.1) is 0 Å². The summed E-state index contributed by atoms with van der Waals surface area (Å²) in [5.41, 5.74) is 2.18. The van der Waals surface area contributed by atoms with E-state index in [1.54, 1.807) is 11.9 Å². The zero-order valence-corrected chi connectivity index (χ0v) is 16.9. The van der Waals surface area contributed by atoms with Gasteiger partial charge >= 0.3 is 6.03 Å². The lowest BCUT2D eigenvalue weighted by molar-refractivity contribution is -0.136. The van der Waals surface area contributed by atoms with E-state index in [1.807, 2.05) is 41.1 Å². The Morgan fingerprint density at radius 3 is 2.52 bits per heavy atom. The molecule has 3 heterocycles. The number of nitrogens with zero attached hydrogens (tertiary/aromatic N) is 5. The molecule has 29 heavy (non-hydrogen) atoms. The molecule has 4 rings (SSSR count). The minimum atomic E-state index is -0.529. The molecule has 0 bridgehead atoms. The number of fused-ring (bicyclic) bond motifs is 3. The van der Waals surface area contributed by atoms with E-state index in [1.165, 1.54) is 10.5 Å². The molecule has 8 nitrogen and oxygen atoms in total. The Hall–Kier alpha value is -2.87. The minimum Gasteiger partial charge on any atom is -0.396 e. The zero-order valence-electron chi connectivity index (χ0n) is 16.9. The van der Waals surface area contributed by atoms with Crippen LogP contribution in [0, 0.1) is 0 Å². The Balaban J connectivity index is 1.48. The maximum Gasteiger partial charge on any atom is 0.328 e. The van der Waals surface area contributed by atoms with E-state index < -0.39 is 12.2 Å². The van der Waals surface area contributed by atoms with Gasteiger partial charge in [0.1, 0.15) is 0 Å². The second kappa shape index (κ2) is 7.87. The second-order valence-electron chi connectivity index (χ2n) is 7.67. The van der Waals surface area contributed by atoms with Crippen LogP contribution in [0.2, 0.25) is 0 Å². The predicted octanol–water partition coefficient (Wildman–Crippen LogP) is 1.44. The number of carbonyl (C=O) groups excluding carboxylic acids is 2. The molecule has 3 amide bonds. The molecule has 2 atom stereocenters. The molecule has 0 aliphatic carbocycles. The quantitative estimate of drug-likeness (QED) is 0.753. The first kappa shape index (κ1) is 19.4. The number of aliphatic hydroxyl groups is 1. The van der Waals surface area contributed by atoms with Crippen LogP contribution in [-0.2, 0) is 11.2 Å². The van der Waals surface area contributed by atoms with Crippen molar-refractivity contribution in [2.75, 3.05) is 26.7 Å². The summed E-state index contributed by atoms with van der Waals surface area (Å²) in [4.78, 5) is 37.6. The molecule has 2 unspecified atom stereocenters. The summed E-state index contributed by atoms with van der Waals surface area (Å²) in [5, 5.41) is 9.16. The van der Waals surface area contributed by atoms with E-state index in [4.69, 9.17) is 10.1 Å². The molecule has 8 heteroatoms. The first-order chi connectivity index (χ1) is 14.0. The number of guanidine groups is 1. The third kappa shape index (κ3) is 3.37. The van der Waals surface area contributed by atoms with Crippen molar-refractivity contribution < 1.29 is 14.7 Å². The largest absolute Gasteiger partial charge is 0.396 e. The van der Waals surface area contributed by atoms with Gasteiger partial charge in [-0.1, -0.05) is 30.3 Å².